The third-order valence-electron chi connectivity index (χ3n) is 5.99. The third-order valence-corrected chi connectivity index (χ3v) is 9.51. The number of aliphatic hydroxyl groups excluding tert-OH is 1. The quantitative estimate of drug-likeness (QED) is 0.302. The first-order valence-corrected chi connectivity index (χ1v) is 13.1. The molecule has 9 heteroatoms. The molecule has 27 heavy (non-hydrogen) atoms. The molecule has 1 amide bonds. The van der Waals surface area contributed by atoms with Crippen LogP contribution in [0.2, 0.25) is 18.1 Å². The lowest BCUT2D eigenvalue weighted by molar-refractivity contribution is -0.0114. The van der Waals surface area contributed by atoms with E-state index in [1.54, 1.807) is 0 Å². The molecular formula is C18H39BN2O5Si. The van der Waals surface area contributed by atoms with E-state index in [1.807, 2.05) is 34.8 Å². The molecule has 4 atom stereocenters. The summed E-state index contributed by atoms with van der Waals surface area (Å²) < 4.78 is 11.1. The van der Waals surface area contributed by atoms with E-state index in [4.69, 9.17) is 15.2 Å². The molecule has 0 bridgehead atoms. The smallest absolute Gasteiger partial charge is 0.407 e. The van der Waals surface area contributed by atoms with Gasteiger partial charge in [-0.15, -0.1) is 0 Å². The number of ether oxygens (including phenoxy) is 2. The second-order valence-corrected chi connectivity index (χ2v) is 13.4. The Balaban J connectivity index is 2.37. The molecule has 1 rings (SSSR count). The molecule has 5 N–H and O–H groups in total. The molecule has 1 aliphatic rings. The van der Waals surface area contributed by atoms with Crippen LogP contribution < -0.4 is 11.1 Å². The molecule has 1 unspecified atom stereocenters. The molecule has 1 fully saturated rings. The molecule has 0 spiro atoms. The van der Waals surface area contributed by atoms with Crippen molar-refractivity contribution in [2.75, 3.05) is 19.7 Å². The SMILES string of the molecule is B[C@@H]1O[C@H](COC(=O)NCCCCCCN)C(O)[C@@H]1CC(C)(C)[Si](C)(C)O. The fourth-order valence-corrected chi connectivity index (χ4v) is 4.03. The van der Waals surface area contributed by atoms with E-state index >= 15 is 0 Å². The fraction of sp³-hybridized carbons (Fsp3) is 0.944. The second-order valence-electron chi connectivity index (χ2n) is 8.91. The fourth-order valence-electron chi connectivity index (χ4n) is 3.30. The van der Waals surface area contributed by atoms with Gasteiger partial charge in [-0.3, -0.25) is 0 Å². The molecule has 1 heterocycles. The molecule has 1 aliphatic heterocycles. The Hall–Kier alpha value is -0.608. The molecule has 1 saturated heterocycles. The first-order chi connectivity index (χ1) is 12.5. The first-order valence-electron chi connectivity index (χ1n) is 10.2. The number of carbonyl (C=O) groups is 1. The van der Waals surface area contributed by atoms with E-state index in [1.165, 1.54) is 0 Å². The summed E-state index contributed by atoms with van der Waals surface area (Å²) >= 11 is 0. The monoisotopic (exact) mass is 402 g/mol. The minimum absolute atomic E-state index is 0.0292. The number of amides is 1. The third kappa shape index (κ3) is 7.73. The Morgan fingerprint density at radius 1 is 1.30 bits per heavy atom. The minimum Gasteiger partial charge on any atom is -0.447 e. The summed E-state index contributed by atoms with van der Waals surface area (Å²) in [5, 5.41) is 13.1. The number of hydrogen-bond acceptors (Lipinski definition) is 6. The Labute approximate surface area is 165 Å². The Kier molecular flexibility index (Phi) is 9.78. The summed E-state index contributed by atoms with van der Waals surface area (Å²) in [5.74, 6) is -0.0851. The molecule has 0 aromatic heterocycles. The van der Waals surface area contributed by atoms with Crippen molar-refractivity contribution in [2.24, 2.45) is 11.7 Å². The van der Waals surface area contributed by atoms with Crippen LogP contribution in [-0.4, -0.2) is 70.1 Å². The Morgan fingerprint density at radius 3 is 2.52 bits per heavy atom. The zero-order chi connectivity index (χ0) is 20.7. The van der Waals surface area contributed by atoms with E-state index in [9.17, 15) is 14.7 Å². The summed E-state index contributed by atoms with van der Waals surface area (Å²) in [7, 11) is -0.438. The number of nitrogens with one attached hydrogen (secondary N) is 1. The van der Waals surface area contributed by atoms with Gasteiger partial charge in [0, 0.05) is 18.5 Å². The van der Waals surface area contributed by atoms with Crippen molar-refractivity contribution < 1.29 is 24.2 Å². The molecule has 0 radical (unpaired) electrons. The molecule has 7 nitrogen and oxygen atoms in total. The highest BCUT2D eigenvalue weighted by molar-refractivity contribution is 6.72. The van der Waals surface area contributed by atoms with Gasteiger partial charge in [-0.25, -0.2) is 4.79 Å². The maximum absolute atomic E-state index is 11.8. The molecule has 158 valence electrons. The average molecular weight is 402 g/mol. The summed E-state index contributed by atoms with van der Waals surface area (Å²) in [6.07, 6.45) is 2.96. The van der Waals surface area contributed by atoms with Gasteiger partial charge in [-0.2, -0.15) is 0 Å². The van der Waals surface area contributed by atoms with Crippen LogP contribution in [0, 0.1) is 5.92 Å². The van der Waals surface area contributed by atoms with Crippen molar-refractivity contribution >= 4 is 22.3 Å². The lowest BCUT2D eigenvalue weighted by Gasteiger charge is -2.38. The van der Waals surface area contributed by atoms with Crippen molar-refractivity contribution in [3.8, 4) is 0 Å². The summed E-state index contributed by atoms with van der Waals surface area (Å²) in [5.41, 5.74) is 5.44. The van der Waals surface area contributed by atoms with Crippen LogP contribution >= 0.6 is 0 Å². The average Bonchev–Trinajstić information content (AvgIpc) is 2.82. The number of alkyl carbamates (subject to hydrolysis) is 1. The van der Waals surface area contributed by atoms with Gasteiger partial charge in [-0.1, -0.05) is 26.7 Å². The van der Waals surface area contributed by atoms with Crippen LogP contribution in [0.25, 0.3) is 0 Å². The zero-order valence-corrected chi connectivity index (χ0v) is 18.7. The molecule has 0 aliphatic carbocycles. The van der Waals surface area contributed by atoms with Crippen LogP contribution in [0.4, 0.5) is 4.79 Å². The van der Waals surface area contributed by atoms with Gasteiger partial charge in [0.1, 0.15) is 20.6 Å². The van der Waals surface area contributed by atoms with Gasteiger partial charge >= 0.3 is 6.09 Å². The van der Waals surface area contributed by atoms with E-state index in [2.05, 4.69) is 5.32 Å². The van der Waals surface area contributed by atoms with Gasteiger partial charge in [0.15, 0.2) is 8.32 Å². The molecule has 0 aromatic carbocycles. The molecule has 0 aromatic rings. The van der Waals surface area contributed by atoms with Crippen molar-refractivity contribution in [1.29, 1.82) is 0 Å². The first kappa shape index (κ1) is 24.4. The second kappa shape index (κ2) is 10.8. The largest absolute Gasteiger partial charge is 0.447 e. The standard InChI is InChI=1S/C18H39BN2O5Si/c1-18(2,27(3,4)24)11-13-15(22)14(26-16(13)19)12-25-17(23)21-10-8-6-5-7-9-20/h13-16,22,24H,5-12,19-20H2,1-4H3,(H,21,23)/t13-,14+,15?,16+/m0/s1. The molecular weight excluding hydrogens is 363 g/mol. The number of aliphatic hydroxyl groups is 1. The predicted octanol–water partition coefficient (Wildman–Crippen LogP) is 0.935. The number of hydrogen-bond donors (Lipinski definition) is 4. The van der Waals surface area contributed by atoms with Gasteiger partial charge in [0.2, 0.25) is 0 Å². The van der Waals surface area contributed by atoms with Gasteiger partial charge in [0.05, 0.1) is 6.10 Å². The van der Waals surface area contributed by atoms with Crippen LogP contribution in [0.5, 0.6) is 0 Å². The lowest BCUT2D eigenvalue weighted by Crippen LogP contribution is -2.43. The highest BCUT2D eigenvalue weighted by Crippen LogP contribution is 2.45. The predicted molar refractivity (Wildman–Crippen MR) is 112 cm³/mol. The van der Waals surface area contributed by atoms with Crippen molar-refractivity contribution in [2.45, 2.75) is 82.3 Å². The van der Waals surface area contributed by atoms with Gasteiger partial charge < -0.3 is 30.4 Å². The van der Waals surface area contributed by atoms with E-state index in [-0.39, 0.29) is 23.6 Å². The number of unbranched alkanes of at least 4 members (excludes halogenated alkanes) is 3. The van der Waals surface area contributed by atoms with Crippen molar-refractivity contribution in [3.63, 3.8) is 0 Å². The number of nitrogens with two attached hydrogens (primary N) is 1. The van der Waals surface area contributed by atoms with E-state index < -0.39 is 26.6 Å². The van der Waals surface area contributed by atoms with E-state index in [0.29, 0.717) is 19.5 Å². The summed E-state index contributed by atoms with van der Waals surface area (Å²) in [6, 6.07) is -0.144. The normalized spacial score (nSPS) is 26.2. The minimum atomic E-state index is -2.37. The van der Waals surface area contributed by atoms with Crippen molar-refractivity contribution in [3.05, 3.63) is 0 Å². The highest BCUT2D eigenvalue weighted by atomic mass is 28.4. The van der Waals surface area contributed by atoms with Crippen LogP contribution in [0.1, 0.15) is 46.0 Å². The van der Waals surface area contributed by atoms with Crippen LogP contribution in [0.15, 0.2) is 0 Å². The summed E-state index contributed by atoms with van der Waals surface area (Å²) in [6.45, 7) is 9.23. The maximum atomic E-state index is 11.8. The van der Waals surface area contributed by atoms with E-state index in [0.717, 1.165) is 25.7 Å². The van der Waals surface area contributed by atoms with Crippen molar-refractivity contribution in [1.82, 2.24) is 5.32 Å². The van der Waals surface area contributed by atoms with Gasteiger partial charge in [0.25, 0.3) is 0 Å². The van der Waals surface area contributed by atoms with Crippen LogP contribution in [0.3, 0.4) is 0 Å². The maximum Gasteiger partial charge on any atom is 0.407 e. The number of carbonyl (C=O) groups excluding carboxylic acids is 1. The highest BCUT2D eigenvalue weighted by Gasteiger charge is 2.47. The van der Waals surface area contributed by atoms with Gasteiger partial charge in [-0.05, 0) is 43.9 Å². The topological polar surface area (TPSA) is 114 Å². The Bertz CT molecular complexity index is 462. The van der Waals surface area contributed by atoms with Crippen LogP contribution in [-0.2, 0) is 9.47 Å². The number of rotatable bonds is 11. The summed E-state index contributed by atoms with van der Waals surface area (Å²) in [4.78, 5) is 22.3. The zero-order valence-electron chi connectivity index (χ0n) is 17.7. The molecule has 0 saturated carbocycles. The lowest BCUT2D eigenvalue weighted by atomic mass is 9.79. The Morgan fingerprint density at radius 2 is 1.93 bits per heavy atom.